The van der Waals surface area contributed by atoms with Crippen LogP contribution in [0.2, 0.25) is 0 Å². The summed E-state index contributed by atoms with van der Waals surface area (Å²) in [6, 6.07) is 6.17. The zero-order valence-electron chi connectivity index (χ0n) is 11.4. The average molecular weight is 309 g/mol. The maximum absolute atomic E-state index is 12.2. The topological polar surface area (TPSA) is 55.6 Å². The fourth-order valence-corrected chi connectivity index (χ4v) is 1.55. The van der Waals surface area contributed by atoms with Crippen molar-refractivity contribution >= 4 is 18.3 Å². The summed E-state index contributed by atoms with van der Waals surface area (Å²) in [6.45, 7) is -0.742. The highest BCUT2D eigenvalue weighted by molar-refractivity contribution is 5.85. The molecule has 0 aliphatic rings. The van der Waals surface area contributed by atoms with Gasteiger partial charge in [-0.3, -0.25) is 4.79 Å². The molecular weight excluding hydrogens is 290 g/mol. The molecule has 1 aromatic carbocycles. The smallest absolute Gasteiger partial charge is 0.387 e. The lowest BCUT2D eigenvalue weighted by atomic mass is 10.1. The normalized spacial score (nSPS) is 11.7. The molecule has 20 heavy (non-hydrogen) atoms. The monoisotopic (exact) mass is 308 g/mol. The molecule has 1 rings (SSSR count). The Morgan fingerprint density at radius 2 is 2.00 bits per heavy atom. The van der Waals surface area contributed by atoms with E-state index in [4.69, 9.17) is 5.73 Å². The number of nitrogens with zero attached hydrogens (tertiary/aromatic N) is 1. The van der Waals surface area contributed by atoms with Crippen molar-refractivity contribution in [2.45, 2.75) is 26.0 Å². The third-order valence-electron chi connectivity index (χ3n) is 2.93. The predicted molar refractivity (Wildman–Crippen MR) is 75.3 cm³/mol. The van der Waals surface area contributed by atoms with Crippen molar-refractivity contribution in [2.24, 2.45) is 5.73 Å². The number of carbonyl (C=O) groups is 1. The lowest BCUT2D eigenvalue weighted by Gasteiger charge is -2.24. The second-order valence-corrected chi connectivity index (χ2v) is 4.25. The number of nitrogens with two attached hydrogens (primary N) is 1. The van der Waals surface area contributed by atoms with Crippen LogP contribution in [0.15, 0.2) is 24.3 Å². The van der Waals surface area contributed by atoms with Crippen LogP contribution in [0.3, 0.4) is 0 Å². The van der Waals surface area contributed by atoms with Crippen LogP contribution in [0.4, 0.5) is 8.78 Å². The molecule has 0 aliphatic heterocycles. The van der Waals surface area contributed by atoms with Gasteiger partial charge in [0.25, 0.3) is 0 Å². The van der Waals surface area contributed by atoms with E-state index in [1.165, 1.54) is 11.0 Å². The van der Waals surface area contributed by atoms with E-state index in [0.29, 0.717) is 12.1 Å². The Morgan fingerprint density at radius 3 is 2.55 bits per heavy atom. The minimum atomic E-state index is -2.91. The maximum Gasteiger partial charge on any atom is 0.387 e. The Balaban J connectivity index is 0.00000361. The molecular formula is C13H19ClF2N2O2. The highest BCUT2D eigenvalue weighted by Crippen LogP contribution is 2.21. The fourth-order valence-electron chi connectivity index (χ4n) is 1.55. The first-order valence-electron chi connectivity index (χ1n) is 5.94. The molecule has 0 heterocycles. The molecule has 0 radical (unpaired) electrons. The fraction of sp³-hybridized carbons (Fsp3) is 0.462. The summed E-state index contributed by atoms with van der Waals surface area (Å²) in [4.78, 5) is 13.5. The Kier molecular flexibility index (Phi) is 8.10. The van der Waals surface area contributed by atoms with E-state index in [0.717, 1.165) is 0 Å². The van der Waals surface area contributed by atoms with Crippen LogP contribution < -0.4 is 10.5 Å². The van der Waals surface area contributed by atoms with Crippen molar-refractivity contribution < 1.29 is 18.3 Å². The van der Waals surface area contributed by atoms with E-state index in [-0.39, 0.29) is 36.5 Å². The number of likely N-dealkylation sites (N-methyl/N-ethyl adjacent to an activating group) is 1. The highest BCUT2D eigenvalue weighted by atomic mass is 35.5. The summed E-state index contributed by atoms with van der Waals surface area (Å²) in [5, 5.41) is 0. The number of hydrogen-bond acceptors (Lipinski definition) is 3. The van der Waals surface area contributed by atoms with Crippen LogP contribution in [-0.2, 0) is 11.2 Å². The zero-order chi connectivity index (χ0) is 14.4. The van der Waals surface area contributed by atoms with Gasteiger partial charge in [-0.15, -0.1) is 12.4 Å². The molecule has 1 atom stereocenters. The van der Waals surface area contributed by atoms with Crippen molar-refractivity contribution in [3.63, 3.8) is 0 Å². The van der Waals surface area contributed by atoms with Crippen molar-refractivity contribution in [3.8, 4) is 5.75 Å². The lowest BCUT2D eigenvalue weighted by molar-refractivity contribution is -0.130. The molecule has 1 aromatic rings. The predicted octanol–water partition coefficient (Wildman–Crippen LogP) is 2.06. The number of ether oxygens (including phenoxy) is 1. The molecule has 0 aromatic heterocycles. The van der Waals surface area contributed by atoms with E-state index in [1.54, 1.807) is 25.2 Å². The standard InChI is InChI=1S/C13H18F2N2O2.ClH/c1-9(8-16)17(2)12(18)7-10-5-3-4-6-11(10)19-13(14)15;/h3-6,9,13H,7-8,16H2,1-2H3;1H. The summed E-state index contributed by atoms with van der Waals surface area (Å²) in [5.74, 6) is -0.164. The lowest BCUT2D eigenvalue weighted by Crippen LogP contribution is -2.40. The molecule has 2 N–H and O–H groups in total. The Labute approximate surface area is 123 Å². The highest BCUT2D eigenvalue weighted by Gasteiger charge is 2.17. The van der Waals surface area contributed by atoms with E-state index < -0.39 is 6.61 Å². The zero-order valence-corrected chi connectivity index (χ0v) is 12.2. The molecule has 1 unspecified atom stereocenters. The Hall–Kier alpha value is -1.40. The number of alkyl halides is 2. The molecule has 0 aliphatic carbocycles. The van der Waals surface area contributed by atoms with Gasteiger partial charge in [0.2, 0.25) is 5.91 Å². The van der Waals surface area contributed by atoms with E-state index in [2.05, 4.69) is 4.74 Å². The number of hydrogen-bond donors (Lipinski definition) is 1. The third-order valence-corrected chi connectivity index (χ3v) is 2.93. The van der Waals surface area contributed by atoms with Crippen molar-refractivity contribution in [2.75, 3.05) is 13.6 Å². The van der Waals surface area contributed by atoms with Gasteiger partial charge >= 0.3 is 6.61 Å². The third kappa shape index (κ3) is 5.30. The number of amides is 1. The molecule has 0 fully saturated rings. The first-order valence-corrected chi connectivity index (χ1v) is 5.94. The second-order valence-electron chi connectivity index (χ2n) is 4.25. The number of rotatable bonds is 6. The summed E-state index contributed by atoms with van der Waals surface area (Å²) >= 11 is 0. The van der Waals surface area contributed by atoms with Gasteiger partial charge in [-0.2, -0.15) is 8.78 Å². The number of halogens is 3. The summed E-state index contributed by atoms with van der Waals surface area (Å²) in [5.41, 5.74) is 5.92. The van der Waals surface area contributed by atoms with Gasteiger partial charge < -0.3 is 15.4 Å². The van der Waals surface area contributed by atoms with E-state index >= 15 is 0 Å². The van der Waals surface area contributed by atoms with Crippen molar-refractivity contribution in [1.29, 1.82) is 0 Å². The largest absolute Gasteiger partial charge is 0.435 e. The molecule has 1 amide bonds. The Bertz CT molecular complexity index is 433. The first kappa shape index (κ1) is 18.6. The quantitative estimate of drug-likeness (QED) is 0.875. The minimum Gasteiger partial charge on any atom is -0.435 e. The van der Waals surface area contributed by atoms with Gasteiger partial charge in [0.05, 0.1) is 6.42 Å². The minimum absolute atomic E-state index is 0. The molecule has 7 heteroatoms. The second kappa shape index (κ2) is 8.71. The maximum atomic E-state index is 12.2. The SMILES string of the molecule is CC(CN)N(C)C(=O)Cc1ccccc1OC(F)F.Cl. The summed E-state index contributed by atoms with van der Waals surface area (Å²) in [7, 11) is 1.64. The van der Waals surface area contributed by atoms with Crippen LogP contribution in [0.5, 0.6) is 5.75 Å². The van der Waals surface area contributed by atoms with Gasteiger partial charge in [-0.25, -0.2) is 0 Å². The molecule has 0 bridgehead atoms. The Morgan fingerprint density at radius 1 is 1.40 bits per heavy atom. The van der Waals surface area contributed by atoms with Gasteiger partial charge in [0.1, 0.15) is 5.75 Å². The summed E-state index contributed by atoms with van der Waals surface area (Å²) < 4.78 is 28.9. The average Bonchev–Trinajstić information content (AvgIpc) is 2.38. The number of benzene rings is 1. The van der Waals surface area contributed by atoms with Crippen LogP contribution in [0.25, 0.3) is 0 Å². The number of para-hydroxylation sites is 1. The van der Waals surface area contributed by atoms with Gasteiger partial charge in [-0.05, 0) is 13.0 Å². The molecule has 114 valence electrons. The van der Waals surface area contributed by atoms with Crippen LogP contribution >= 0.6 is 12.4 Å². The first-order chi connectivity index (χ1) is 8.95. The van der Waals surface area contributed by atoms with E-state index in [1.807, 2.05) is 6.92 Å². The van der Waals surface area contributed by atoms with Crippen LogP contribution in [-0.4, -0.2) is 37.1 Å². The van der Waals surface area contributed by atoms with E-state index in [9.17, 15) is 13.6 Å². The molecule has 0 saturated carbocycles. The molecule has 0 spiro atoms. The van der Waals surface area contributed by atoms with Gasteiger partial charge in [0, 0.05) is 25.2 Å². The number of carbonyl (C=O) groups excluding carboxylic acids is 1. The van der Waals surface area contributed by atoms with Gasteiger partial charge in [0.15, 0.2) is 0 Å². The molecule has 4 nitrogen and oxygen atoms in total. The van der Waals surface area contributed by atoms with Crippen molar-refractivity contribution in [1.82, 2.24) is 4.90 Å². The van der Waals surface area contributed by atoms with Crippen molar-refractivity contribution in [3.05, 3.63) is 29.8 Å². The van der Waals surface area contributed by atoms with Gasteiger partial charge in [-0.1, -0.05) is 18.2 Å². The van der Waals surface area contributed by atoms with Crippen LogP contribution in [0.1, 0.15) is 12.5 Å². The summed E-state index contributed by atoms with van der Waals surface area (Å²) in [6.07, 6.45) is 0.00370. The molecule has 0 saturated heterocycles. The van der Waals surface area contributed by atoms with Crippen LogP contribution in [0, 0.1) is 0 Å².